The van der Waals surface area contributed by atoms with Crippen molar-refractivity contribution in [1.29, 1.82) is 0 Å². The number of rotatable bonds is 4. The van der Waals surface area contributed by atoms with Crippen LogP contribution in [0.4, 0.5) is 4.79 Å². The van der Waals surface area contributed by atoms with Crippen LogP contribution >= 0.6 is 0 Å². The van der Waals surface area contributed by atoms with Crippen LogP contribution < -0.4 is 5.32 Å². The first kappa shape index (κ1) is 18.6. The molecule has 10 heteroatoms. The zero-order valence-corrected chi connectivity index (χ0v) is 15.0. The zero-order chi connectivity index (χ0) is 18.4. The van der Waals surface area contributed by atoms with E-state index in [-0.39, 0.29) is 25.0 Å². The molecular weight excluding hydrogens is 338 g/mol. The van der Waals surface area contributed by atoms with Crippen molar-refractivity contribution in [3.05, 3.63) is 6.33 Å². The van der Waals surface area contributed by atoms with E-state index >= 15 is 0 Å². The molecule has 2 fully saturated rings. The van der Waals surface area contributed by atoms with E-state index in [1.54, 1.807) is 4.90 Å². The van der Waals surface area contributed by atoms with Gasteiger partial charge in [-0.25, -0.2) is 4.79 Å². The number of tetrazole rings is 1. The summed E-state index contributed by atoms with van der Waals surface area (Å²) in [5.74, 6) is -0.0930. The van der Waals surface area contributed by atoms with Crippen molar-refractivity contribution in [3.63, 3.8) is 0 Å². The molecule has 2 aliphatic heterocycles. The molecular formula is C16H27N7O3. The van der Waals surface area contributed by atoms with Crippen LogP contribution in [0, 0.1) is 0 Å². The fourth-order valence-electron chi connectivity index (χ4n) is 3.54. The lowest BCUT2D eigenvalue weighted by atomic mass is 9.95. The average Bonchev–Trinajstić information content (AvgIpc) is 3.08. The Morgan fingerprint density at radius 3 is 2.54 bits per heavy atom. The molecule has 0 unspecified atom stereocenters. The highest BCUT2D eigenvalue weighted by Crippen LogP contribution is 2.22. The zero-order valence-electron chi connectivity index (χ0n) is 15.0. The molecule has 26 heavy (non-hydrogen) atoms. The van der Waals surface area contributed by atoms with Gasteiger partial charge in [-0.05, 0) is 43.7 Å². The van der Waals surface area contributed by atoms with Gasteiger partial charge in [0.05, 0.1) is 5.60 Å². The van der Waals surface area contributed by atoms with Crippen molar-refractivity contribution in [3.8, 4) is 0 Å². The Morgan fingerprint density at radius 1 is 1.04 bits per heavy atom. The molecule has 1 aromatic rings. The van der Waals surface area contributed by atoms with Crippen LogP contribution in [-0.4, -0.2) is 85.4 Å². The molecule has 0 spiro atoms. The monoisotopic (exact) mass is 365 g/mol. The normalized spacial score (nSPS) is 24.2. The quantitative estimate of drug-likeness (QED) is 0.751. The van der Waals surface area contributed by atoms with Crippen LogP contribution in [0.2, 0.25) is 0 Å². The maximum atomic E-state index is 12.3. The second-order valence-corrected chi connectivity index (χ2v) is 7.13. The molecule has 2 N–H and O–H groups in total. The number of aromatic nitrogens is 4. The first-order valence-corrected chi connectivity index (χ1v) is 9.29. The van der Waals surface area contributed by atoms with E-state index in [2.05, 4.69) is 20.7 Å². The smallest absolute Gasteiger partial charge is 0.317 e. The van der Waals surface area contributed by atoms with E-state index in [1.165, 1.54) is 17.5 Å². The SMILES string of the molecule is O=C(Cn1ncnn1)N1CCC[C@](O)(CNC(=O)N2CCCCC2)CC1. The Labute approximate surface area is 152 Å². The van der Waals surface area contributed by atoms with E-state index in [9.17, 15) is 14.7 Å². The minimum Gasteiger partial charge on any atom is -0.388 e. The Morgan fingerprint density at radius 2 is 1.81 bits per heavy atom. The molecule has 0 saturated carbocycles. The van der Waals surface area contributed by atoms with Gasteiger partial charge in [-0.15, -0.1) is 10.2 Å². The predicted molar refractivity (Wildman–Crippen MR) is 92.0 cm³/mol. The summed E-state index contributed by atoms with van der Waals surface area (Å²) >= 11 is 0. The molecule has 10 nitrogen and oxygen atoms in total. The molecule has 3 heterocycles. The summed E-state index contributed by atoms with van der Waals surface area (Å²) in [5.41, 5.74) is -0.980. The molecule has 3 amide bonds. The highest BCUT2D eigenvalue weighted by atomic mass is 16.3. The second kappa shape index (κ2) is 8.43. The third kappa shape index (κ3) is 4.90. The Balaban J connectivity index is 1.47. The van der Waals surface area contributed by atoms with Crippen LogP contribution in [0.3, 0.4) is 0 Å². The maximum absolute atomic E-state index is 12.3. The highest BCUT2D eigenvalue weighted by molar-refractivity contribution is 5.76. The topological polar surface area (TPSA) is 116 Å². The van der Waals surface area contributed by atoms with Crippen LogP contribution in [0.25, 0.3) is 0 Å². The number of hydrogen-bond acceptors (Lipinski definition) is 6. The average molecular weight is 365 g/mol. The lowest BCUT2D eigenvalue weighted by molar-refractivity contribution is -0.132. The molecule has 1 atom stereocenters. The van der Waals surface area contributed by atoms with Crippen molar-refractivity contribution in [2.24, 2.45) is 0 Å². The number of aliphatic hydroxyl groups is 1. The molecule has 0 radical (unpaired) electrons. The number of carbonyl (C=O) groups excluding carboxylic acids is 2. The summed E-state index contributed by atoms with van der Waals surface area (Å²) in [6.07, 6.45) is 6.21. The third-order valence-corrected chi connectivity index (χ3v) is 5.15. The van der Waals surface area contributed by atoms with Gasteiger partial charge in [-0.3, -0.25) is 4.79 Å². The number of nitrogens with zero attached hydrogens (tertiary/aromatic N) is 6. The van der Waals surface area contributed by atoms with E-state index in [0.717, 1.165) is 25.9 Å². The number of piperidine rings is 1. The number of hydrogen-bond donors (Lipinski definition) is 2. The molecule has 0 aliphatic carbocycles. The molecule has 1 aromatic heterocycles. The Bertz CT molecular complexity index is 603. The van der Waals surface area contributed by atoms with Crippen LogP contribution in [0.1, 0.15) is 38.5 Å². The van der Waals surface area contributed by atoms with Crippen molar-refractivity contribution in [2.75, 3.05) is 32.7 Å². The van der Waals surface area contributed by atoms with Gasteiger partial charge in [0, 0.05) is 32.7 Å². The van der Waals surface area contributed by atoms with Gasteiger partial charge in [0.25, 0.3) is 0 Å². The lowest BCUT2D eigenvalue weighted by Crippen LogP contribution is -2.49. The van der Waals surface area contributed by atoms with Crippen molar-refractivity contribution in [2.45, 2.75) is 50.7 Å². The summed E-state index contributed by atoms with van der Waals surface area (Å²) in [6, 6.07) is -0.104. The van der Waals surface area contributed by atoms with Gasteiger partial charge in [0.1, 0.15) is 6.54 Å². The first-order valence-electron chi connectivity index (χ1n) is 9.29. The fourth-order valence-corrected chi connectivity index (χ4v) is 3.54. The summed E-state index contributed by atoms with van der Waals surface area (Å²) in [5, 5.41) is 24.8. The third-order valence-electron chi connectivity index (χ3n) is 5.15. The van der Waals surface area contributed by atoms with Gasteiger partial charge in [-0.2, -0.15) is 4.80 Å². The highest BCUT2D eigenvalue weighted by Gasteiger charge is 2.32. The van der Waals surface area contributed by atoms with Gasteiger partial charge in [0.2, 0.25) is 5.91 Å². The van der Waals surface area contributed by atoms with E-state index in [0.29, 0.717) is 32.4 Å². The summed E-state index contributed by atoms with van der Waals surface area (Å²) < 4.78 is 0. The predicted octanol–water partition coefficient (Wildman–Crippen LogP) is -0.388. The Kier molecular flexibility index (Phi) is 6.02. The van der Waals surface area contributed by atoms with Crippen LogP contribution in [-0.2, 0) is 11.3 Å². The molecule has 3 rings (SSSR count). The largest absolute Gasteiger partial charge is 0.388 e. The van der Waals surface area contributed by atoms with E-state index in [4.69, 9.17) is 0 Å². The molecule has 2 aliphatic rings. The number of amides is 3. The minimum absolute atomic E-state index is 0.0458. The van der Waals surface area contributed by atoms with Gasteiger partial charge < -0.3 is 20.2 Å². The van der Waals surface area contributed by atoms with Crippen LogP contribution in [0.15, 0.2) is 6.33 Å². The lowest BCUT2D eigenvalue weighted by Gasteiger charge is -2.31. The molecule has 0 aromatic carbocycles. The Hall–Kier alpha value is -2.23. The summed E-state index contributed by atoms with van der Waals surface area (Å²) in [6.45, 7) is 2.85. The van der Waals surface area contributed by atoms with Crippen molar-refractivity contribution < 1.29 is 14.7 Å². The first-order chi connectivity index (χ1) is 12.6. The fraction of sp³-hybridized carbons (Fsp3) is 0.812. The summed E-state index contributed by atoms with van der Waals surface area (Å²) in [7, 11) is 0. The number of likely N-dealkylation sites (tertiary alicyclic amines) is 2. The van der Waals surface area contributed by atoms with E-state index < -0.39 is 5.60 Å². The number of urea groups is 1. The molecule has 2 saturated heterocycles. The van der Waals surface area contributed by atoms with Crippen molar-refractivity contribution in [1.82, 2.24) is 35.3 Å². The molecule has 144 valence electrons. The number of carbonyl (C=O) groups is 2. The van der Waals surface area contributed by atoms with E-state index in [1.807, 2.05) is 4.90 Å². The maximum Gasteiger partial charge on any atom is 0.317 e. The second-order valence-electron chi connectivity index (χ2n) is 7.13. The van der Waals surface area contributed by atoms with Gasteiger partial charge >= 0.3 is 6.03 Å². The van der Waals surface area contributed by atoms with Crippen LogP contribution in [0.5, 0.6) is 0 Å². The van der Waals surface area contributed by atoms with Gasteiger partial charge in [0.15, 0.2) is 6.33 Å². The van der Waals surface area contributed by atoms with Crippen molar-refractivity contribution >= 4 is 11.9 Å². The molecule has 0 bridgehead atoms. The standard InChI is InChI=1S/C16H27N7O3/c24-14(11-23-19-13-18-20-23)21-9-4-5-16(26,6-10-21)12-17-15(25)22-7-2-1-3-8-22/h13,26H,1-12H2,(H,17,25)/t16-/m1/s1. The number of nitrogens with one attached hydrogen (secondary N) is 1. The minimum atomic E-state index is -0.980. The summed E-state index contributed by atoms with van der Waals surface area (Å²) in [4.78, 5) is 29.4. The van der Waals surface area contributed by atoms with Gasteiger partial charge in [-0.1, -0.05) is 0 Å².